The Bertz CT molecular complexity index is 1360. The van der Waals surface area contributed by atoms with Crippen molar-refractivity contribution in [3.8, 4) is 0 Å². The van der Waals surface area contributed by atoms with Crippen molar-refractivity contribution in [2.24, 2.45) is 7.05 Å². The Balaban J connectivity index is 1.46. The summed E-state index contributed by atoms with van der Waals surface area (Å²) < 4.78 is 29.3. The SMILES string of the molecule is Cc1ccc(Nc2cc(C)nc(Nc3ccc(NS(=O)(=O)c4cn(C)c(C)n4)cc3)n2)cc1. The summed E-state index contributed by atoms with van der Waals surface area (Å²) >= 11 is 0. The minimum Gasteiger partial charge on any atom is -0.340 e. The number of benzene rings is 2. The third kappa shape index (κ3) is 5.47. The van der Waals surface area contributed by atoms with E-state index in [9.17, 15) is 8.42 Å². The van der Waals surface area contributed by atoms with E-state index in [2.05, 4.69) is 30.3 Å². The minimum atomic E-state index is -3.77. The van der Waals surface area contributed by atoms with Crippen LogP contribution in [-0.2, 0) is 17.1 Å². The van der Waals surface area contributed by atoms with Crippen molar-refractivity contribution in [2.45, 2.75) is 25.8 Å². The Morgan fingerprint density at radius 1 is 0.788 bits per heavy atom. The first-order valence-electron chi connectivity index (χ1n) is 10.3. The van der Waals surface area contributed by atoms with E-state index in [0.29, 0.717) is 23.3 Å². The van der Waals surface area contributed by atoms with Gasteiger partial charge in [-0.1, -0.05) is 17.7 Å². The zero-order valence-corrected chi connectivity index (χ0v) is 19.6. The quantitative estimate of drug-likeness (QED) is 0.372. The molecule has 33 heavy (non-hydrogen) atoms. The molecular formula is C23H25N7O2S. The molecule has 0 saturated carbocycles. The van der Waals surface area contributed by atoms with Gasteiger partial charge in [-0.05, 0) is 57.2 Å². The fourth-order valence-electron chi connectivity index (χ4n) is 3.09. The van der Waals surface area contributed by atoms with Crippen LogP contribution in [0, 0.1) is 20.8 Å². The first-order chi connectivity index (χ1) is 15.7. The van der Waals surface area contributed by atoms with Gasteiger partial charge in [-0.15, -0.1) is 0 Å². The van der Waals surface area contributed by atoms with Gasteiger partial charge in [0.1, 0.15) is 11.6 Å². The number of nitrogens with one attached hydrogen (secondary N) is 3. The first-order valence-corrected chi connectivity index (χ1v) is 11.8. The second-order valence-corrected chi connectivity index (χ2v) is 9.38. The summed E-state index contributed by atoms with van der Waals surface area (Å²) in [4.78, 5) is 13.0. The number of rotatable bonds is 7. The lowest BCUT2D eigenvalue weighted by Crippen LogP contribution is -2.13. The molecule has 0 spiro atoms. The molecule has 0 bridgehead atoms. The van der Waals surface area contributed by atoms with Crippen LogP contribution >= 0.6 is 0 Å². The maximum atomic E-state index is 12.6. The molecule has 0 aliphatic rings. The molecule has 0 amide bonds. The highest BCUT2D eigenvalue weighted by Gasteiger charge is 2.18. The lowest BCUT2D eigenvalue weighted by molar-refractivity contribution is 0.598. The molecule has 0 radical (unpaired) electrons. The van der Waals surface area contributed by atoms with Crippen LogP contribution < -0.4 is 15.4 Å². The highest BCUT2D eigenvalue weighted by molar-refractivity contribution is 7.92. The van der Waals surface area contributed by atoms with Crippen molar-refractivity contribution in [3.05, 3.63) is 77.9 Å². The van der Waals surface area contributed by atoms with Gasteiger partial charge in [0, 0.05) is 42.1 Å². The summed E-state index contributed by atoms with van der Waals surface area (Å²) in [5.74, 6) is 1.72. The molecule has 0 fully saturated rings. The highest BCUT2D eigenvalue weighted by atomic mass is 32.2. The largest absolute Gasteiger partial charge is 0.340 e. The van der Waals surface area contributed by atoms with Crippen molar-refractivity contribution in [3.63, 3.8) is 0 Å². The Morgan fingerprint density at radius 3 is 2.03 bits per heavy atom. The Morgan fingerprint density at radius 2 is 1.39 bits per heavy atom. The van der Waals surface area contributed by atoms with Gasteiger partial charge < -0.3 is 15.2 Å². The van der Waals surface area contributed by atoms with Crippen LogP contribution in [0.3, 0.4) is 0 Å². The molecule has 9 nitrogen and oxygen atoms in total. The first kappa shape index (κ1) is 22.3. The summed E-state index contributed by atoms with van der Waals surface area (Å²) in [5.41, 5.74) is 4.07. The van der Waals surface area contributed by atoms with Crippen LogP contribution in [0.25, 0.3) is 0 Å². The van der Waals surface area contributed by atoms with E-state index >= 15 is 0 Å². The summed E-state index contributed by atoms with van der Waals surface area (Å²) in [5, 5.41) is 6.41. The maximum absolute atomic E-state index is 12.6. The molecule has 2 heterocycles. The summed E-state index contributed by atoms with van der Waals surface area (Å²) in [6.45, 7) is 5.68. The highest BCUT2D eigenvalue weighted by Crippen LogP contribution is 2.22. The normalized spacial score (nSPS) is 11.3. The number of aryl methyl sites for hydroxylation is 4. The molecule has 0 aliphatic heterocycles. The van der Waals surface area contributed by atoms with Crippen LogP contribution in [-0.4, -0.2) is 27.9 Å². The van der Waals surface area contributed by atoms with E-state index < -0.39 is 10.0 Å². The molecule has 3 N–H and O–H groups in total. The monoisotopic (exact) mass is 463 g/mol. The van der Waals surface area contributed by atoms with Gasteiger partial charge in [0.15, 0.2) is 5.03 Å². The molecule has 10 heteroatoms. The van der Waals surface area contributed by atoms with Gasteiger partial charge in [0.2, 0.25) is 5.95 Å². The van der Waals surface area contributed by atoms with Crippen molar-refractivity contribution < 1.29 is 8.42 Å². The number of nitrogens with zero attached hydrogens (tertiary/aromatic N) is 4. The van der Waals surface area contributed by atoms with Gasteiger partial charge in [0.25, 0.3) is 10.0 Å². The second kappa shape index (κ2) is 8.91. The van der Waals surface area contributed by atoms with Gasteiger partial charge in [-0.25, -0.2) is 9.97 Å². The van der Waals surface area contributed by atoms with E-state index in [-0.39, 0.29) is 5.03 Å². The van der Waals surface area contributed by atoms with Crippen molar-refractivity contribution >= 4 is 38.9 Å². The Hall–Kier alpha value is -3.92. The van der Waals surface area contributed by atoms with Crippen LogP contribution in [0.1, 0.15) is 17.1 Å². The van der Waals surface area contributed by atoms with Crippen LogP contribution in [0.5, 0.6) is 0 Å². The third-order valence-electron chi connectivity index (χ3n) is 4.93. The van der Waals surface area contributed by atoms with Gasteiger partial charge in [-0.2, -0.15) is 13.4 Å². The second-order valence-electron chi connectivity index (χ2n) is 7.75. The smallest absolute Gasteiger partial charge is 0.280 e. The molecule has 4 rings (SSSR count). The molecular weight excluding hydrogens is 438 g/mol. The van der Waals surface area contributed by atoms with Crippen molar-refractivity contribution in [2.75, 3.05) is 15.4 Å². The van der Waals surface area contributed by atoms with E-state index in [4.69, 9.17) is 0 Å². The van der Waals surface area contributed by atoms with E-state index in [1.165, 1.54) is 11.8 Å². The number of anilines is 5. The van der Waals surface area contributed by atoms with Crippen molar-refractivity contribution in [1.29, 1.82) is 0 Å². The molecule has 0 aliphatic carbocycles. The third-order valence-corrected chi connectivity index (χ3v) is 6.19. The summed E-state index contributed by atoms with van der Waals surface area (Å²) in [7, 11) is -2.02. The maximum Gasteiger partial charge on any atom is 0.280 e. The minimum absolute atomic E-state index is 0.0218. The van der Waals surface area contributed by atoms with E-state index in [0.717, 1.165) is 17.1 Å². The fraction of sp³-hybridized carbons (Fsp3) is 0.174. The Labute approximate surface area is 193 Å². The van der Waals surface area contributed by atoms with E-state index in [1.807, 2.05) is 44.2 Å². The molecule has 2 aromatic heterocycles. The van der Waals surface area contributed by atoms with E-state index in [1.54, 1.807) is 42.8 Å². The standard InChI is InChI=1S/C23H25N7O2S/c1-15-5-7-18(8-6-15)26-21-13-16(2)24-23(28-21)27-19-9-11-20(12-10-19)29-33(31,32)22-14-30(4)17(3)25-22/h5-14,29H,1-4H3,(H2,24,26,27,28). The van der Waals surface area contributed by atoms with Crippen LogP contribution in [0.15, 0.2) is 65.8 Å². The number of aromatic nitrogens is 4. The van der Waals surface area contributed by atoms with Crippen LogP contribution in [0.4, 0.5) is 28.8 Å². The topological polar surface area (TPSA) is 114 Å². The number of hydrogen-bond acceptors (Lipinski definition) is 7. The van der Waals surface area contributed by atoms with Crippen LogP contribution in [0.2, 0.25) is 0 Å². The number of imidazole rings is 1. The molecule has 2 aromatic carbocycles. The van der Waals surface area contributed by atoms with Gasteiger partial charge in [0.05, 0.1) is 0 Å². The van der Waals surface area contributed by atoms with Crippen molar-refractivity contribution in [1.82, 2.24) is 19.5 Å². The Kier molecular flexibility index (Phi) is 6.01. The average molecular weight is 464 g/mol. The van der Waals surface area contributed by atoms with Gasteiger partial charge >= 0.3 is 0 Å². The fourth-order valence-corrected chi connectivity index (χ4v) is 4.19. The predicted molar refractivity (Wildman–Crippen MR) is 130 cm³/mol. The summed E-state index contributed by atoms with van der Waals surface area (Å²) in [6.07, 6.45) is 1.48. The molecule has 0 atom stereocenters. The number of hydrogen-bond donors (Lipinski definition) is 3. The summed E-state index contributed by atoms with van der Waals surface area (Å²) in [6, 6.07) is 16.7. The van der Waals surface area contributed by atoms with Gasteiger partial charge in [-0.3, -0.25) is 4.72 Å². The zero-order chi connectivity index (χ0) is 23.6. The zero-order valence-electron chi connectivity index (χ0n) is 18.8. The average Bonchev–Trinajstić information content (AvgIpc) is 3.10. The number of sulfonamides is 1. The molecule has 4 aromatic rings. The molecule has 170 valence electrons. The molecule has 0 saturated heterocycles. The lowest BCUT2D eigenvalue weighted by atomic mass is 10.2. The lowest BCUT2D eigenvalue weighted by Gasteiger charge is -2.11. The molecule has 0 unspecified atom stereocenters. The predicted octanol–water partition coefficient (Wildman–Crippen LogP) is 4.42.